The monoisotopic (exact) mass is 386 g/mol. The minimum absolute atomic E-state index is 0.0321. The highest BCUT2D eigenvalue weighted by Gasteiger charge is 2.16. The smallest absolute Gasteiger partial charge is 0.255 e. The lowest BCUT2D eigenvalue weighted by atomic mass is 10.0. The van der Waals surface area contributed by atoms with Crippen molar-refractivity contribution >= 4 is 17.1 Å². The highest BCUT2D eigenvalue weighted by molar-refractivity contribution is 6.04. The molecule has 0 unspecified atom stereocenters. The van der Waals surface area contributed by atoms with Crippen LogP contribution < -0.4 is 10.1 Å². The Balaban J connectivity index is 1.62. The van der Waals surface area contributed by atoms with E-state index in [4.69, 9.17) is 4.74 Å². The van der Waals surface area contributed by atoms with Gasteiger partial charge in [-0.1, -0.05) is 48.5 Å². The number of rotatable bonds is 6. The van der Waals surface area contributed by atoms with Gasteiger partial charge in [-0.25, -0.2) is 9.97 Å². The molecule has 0 radical (unpaired) electrons. The van der Waals surface area contributed by atoms with Gasteiger partial charge in [0.05, 0.1) is 11.8 Å². The van der Waals surface area contributed by atoms with Gasteiger partial charge >= 0.3 is 0 Å². The molecule has 4 aromatic rings. The predicted octanol–water partition coefficient (Wildman–Crippen LogP) is 4.48. The molecule has 6 heteroatoms. The Bertz CT molecular complexity index is 1140. The van der Waals surface area contributed by atoms with Crippen LogP contribution >= 0.6 is 0 Å². The van der Waals surface area contributed by atoms with E-state index in [-0.39, 0.29) is 11.9 Å². The van der Waals surface area contributed by atoms with Crippen molar-refractivity contribution in [3.63, 3.8) is 0 Å². The van der Waals surface area contributed by atoms with Crippen LogP contribution in [0.15, 0.2) is 67.0 Å². The van der Waals surface area contributed by atoms with E-state index in [9.17, 15) is 4.79 Å². The molecule has 4 rings (SSSR count). The van der Waals surface area contributed by atoms with Crippen LogP contribution in [0.25, 0.3) is 11.2 Å². The molecule has 0 bridgehead atoms. The number of para-hydroxylation sites is 1. The second kappa shape index (κ2) is 8.14. The van der Waals surface area contributed by atoms with Crippen molar-refractivity contribution in [3.05, 3.63) is 83.7 Å². The summed E-state index contributed by atoms with van der Waals surface area (Å²) < 4.78 is 6.06. The third-order valence-electron chi connectivity index (χ3n) is 4.45. The zero-order valence-electron chi connectivity index (χ0n) is 16.3. The molecule has 146 valence electrons. The molecule has 2 aromatic carbocycles. The minimum atomic E-state index is -0.192. The van der Waals surface area contributed by atoms with Crippen molar-refractivity contribution in [2.75, 3.05) is 0 Å². The summed E-state index contributed by atoms with van der Waals surface area (Å²) in [5.74, 6) is 0.868. The number of hydrogen-bond acceptors (Lipinski definition) is 4. The minimum Gasteiger partial charge on any atom is -0.437 e. The first kappa shape index (κ1) is 18.7. The van der Waals surface area contributed by atoms with Gasteiger partial charge in [0.2, 0.25) is 5.88 Å². The molecule has 29 heavy (non-hydrogen) atoms. The number of nitrogens with zero attached hydrogens (tertiary/aromatic N) is 2. The van der Waals surface area contributed by atoms with Crippen LogP contribution in [-0.2, 0) is 6.42 Å². The number of benzene rings is 2. The average molecular weight is 386 g/mol. The van der Waals surface area contributed by atoms with Gasteiger partial charge in [-0.05, 0) is 31.0 Å². The van der Waals surface area contributed by atoms with Crippen LogP contribution in [0.4, 0.5) is 0 Å². The van der Waals surface area contributed by atoms with Gasteiger partial charge in [-0.2, -0.15) is 0 Å². The Hall–Kier alpha value is -3.67. The fourth-order valence-corrected chi connectivity index (χ4v) is 3.12. The van der Waals surface area contributed by atoms with Crippen LogP contribution in [0.3, 0.4) is 0 Å². The zero-order valence-corrected chi connectivity index (χ0v) is 16.3. The Labute approximate surface area is 169 Å². The fraction of sp³-hybridized carbons (Fsp3) is 0.174. The van der Waals surface area contributed by atoms with Crippen LogP contribution in [-0.4, -0.2) is 26.9 Å². The van der Waals surface area contributed by atoms with E-state index in [1.54, 1.807) is 12.4 Å². The highest BCUT2D eigenvalue weighted by atomic mass is 16.5. The number of carbonyl (C=O) groups excluding carboxylic acids is 1. The maximum absolute atomic E-state index is 12.4. The maximum atomic E-state index is 12.4. The fourth-order valence-electron chi connectivity index (χ4n) is 3.12. The van der Waals surface area contributed by atoms with Crippen molar-refractivity contribution in [3.8, 4) is 11.6 Å². The second-order valence-electron chi connectivity index (χ2n) is 7.11. The summed E-state index contributed by atoms with van der Waals surface area (Å²) in [5, 5.41) is 2.88. The largest absolute Gasteiger partial charge is 0.437 e. The summed E-state index contributed by atoms with van der Waals surface area (Å²) in [6, 6.07) is 18.1. The number of H-pyrrole nitrogens is 1. The number of aromatic nitrogens is 3. The number of aromatic amines is 1. The van der Waals surface area contributed by atoms with Crippen molar-refractivity contribution in [1.29, 1.82) is 0 Å². The number of ether oxygens (including phenoxy) is 1. The molecule has 0 spiro atoms. The van der Waals surface area contributed by atoms with Crippen LogP contribution in [0.2, 0.25) is 0 Å². The topological polar surface area (TPSA) is 79.9 Å². The van der Waals surface area contributed by atoms with Crippen molar-refractivity contribution in [1.82, 2.24) is 20.3 Å². The molecule has 0 saturated carbocycles. The quantitative estimate of drug-likeness (QED) is 0.512. The maximum Gasteiger partial charge on any atom is 0.255 e. The summed E-state index contributed by atoms with van der Waals surface area (Å²) in [5.41, 5.74) is 3.73. The SMILES string of the molecule is CC(C)NC(=O)c1c[nH]c2ncc(Oc3ccccc3Cc3ccccc3)nc12. The van der Waals surface area contributed by atoms with Gasteiger partial charge < -0.3 is 15.0 Å². The Morgan fingerprint density at radius 2 is 1.86 bits per heavy atom. The molecular formula is C23H22N4O2. The van der Waals surface area contributed by atoms with E-state index in [1.165, 1.54) is 5.56 Å². The van der Waals surface area contributed by atoms with Gasteiger partial charge in [0.25, 0.3) is 5.91 Å². The van der Waals surface area contributed by atoms with E-state index in [0.717, 1.165) is 12.0 Å². The third-order valence-corrected chi connectivity index (χ3v) is 4.45. The van der Waals surface area contributed by atoms with Crippen LogP contribution in [0.1, 0.15) is 35.3 Å². The zero-order chi connectivity index (χ0) is 20.2. The highest BCUT2D eigenvalue weighted by Crippen LogP contribution is 2.27. The Morgan fingerprint density at radius 3 is 2.66 bits per heavy atom. The molecular weight excluding hydrogens is 364 g/mol. The lowest BCUT2D eigenvalue weighted by Gasteiger charge is -2.11. The van der Waals surface area contributed by atoms with Crippen molar-refractivity contribution < 1.29 is 9.53 Å². The molecule has 1 amide bonds. The third kappa shape index (κ3) is 4.27. The van der Waals surface area contributed by atoms with Gasteiger partial charge in [0.1, 0.15) is 11.3 Å². The Kier molecular flexibility index (Phi) is 5.24. The van der Waals surface area contributed by atoms with Crippen molar-refractivity contribution in [2.45, 2.75) is 26.3 Å². The molecule has 0 atom stereocenters. The first-order valence-electron chi connectivity index (χ1n) is 9.55. The summed E-state index contributed by atoms with van der Waals surface area (Å²) in [4.78, 5) is 24.3. The number of amides is 1. The molecule has 2 heterocycles. The predicted molar refractivity (Wildman–Crippen MR) is 112 cm³/mol. The Morgan fingerprint density at radius 1 is 1.10 bits per heavy atom. The lowest BCUT2D eigenvalue weighted by molar-refractivity contribution is 0.0944. The molecule has 0 fully saturated rings. The van der Waals surface area contributed by atoms with E-state index in [2.05, 4.69) is 32.4 Å². The molecule has 0 aliphatic heterocycles. The average Bonchev–Trinajstić information content (AvgIpc) is 3.13. The van der Waals surface area contributed by atoms with Gasteiger partial charge in [0, 0.05) is 18.7 Å². The number of hydrogen-bond donors (Lipinski definition) is 2. The van der Waals surface area contributed by atoms with Crippen molar-refractivity contribution in [2.24, 2.45) is 0 Å². The summed E-state index contributed by atoms with van der Waals surface area (Å²) in [7, 11) is 0. The van der Waals surface area contributed by atoms with Crippen LogP contribution in [0.5, 0.6) is 11.6 Å². The molecule has 6 nitrogen and oxygen atoms in total. The van der Waals surface area contributed by atoms with E-state index >= 15 is 0 Å². The molecule has 0 aliphatic rings. The molecule has 0 aliphatic carbocycles. The van der Waals surface area contributed by atoms with E-state index in [1.807, 2.05) is 56.3 Å². The number of carbonyl (C=O) groups is 1. The first-order valence-corrected chi connectivity index (χ1v) is 9.55. The first-order chi connectivity index (χ1) is 14.1. The standard InChI is InChI=1S/C23H22N4O2/c1-15(2)26-23(28)18-13-24-22-21(18)27-20(14-25-22)29-19-11-7-6-10-17(19)12-16-8-4-3-5-9-16/h3-11,13-15H,12H2,1-2H3,(H,24,25)(H,26,28). The summed E-state index contributed by atoms with van der Waals surface area (Å²) in [6.07, 6.45) is 3.93. The summed E-state index contributed by atoms with van der Waals surface area (Å²) in [6.45, 7) is 3.83. The van der Waals surface area contributed by atoms with Crippen LogP contribution in [0, 0.1) is 0 Å². The van der Waals surface area contributed by atoms with Gasteiger partial charge in [-0.15, -0.1) is 0 Å². The number of nitrogens with one attached hydrogen (secondary N) is 2. The van der Waals surface area contributed by atoms with Gasteiger partial charge in [-0.3, -0.25) is 4.79 Å². The molecule has 2 N–H and O–H groups in total. The molecule has 0 saturated heterocycles. The molecule has 2 aromatic heterocycles. The number of fused-ring (bicyclic) bond motifs is 1. The lowest BCUT2D eigenvalue weighted by Crippen LogP contribution is -2.29. The van der Waals surface area contributed by atoms with E-state index < -0.39 is 0 Å². The summed E-state index contributed by atoms with van der Waals surface area (Å²) >= 11 is 0. The van der Waals surface area contributed by atoms with E-state index in [0.29, 0.717) is 28.4 Å². The normalized spacial score (nSPS) is 11.0. The van der Waals surface area contributed by atoms with Gasteiger partial charge in [0.15, 0.2) is 5.65 Å². The second-order valence-corrected chi connectivity index (χ2v) is 7.11.